The molecule has 6 heteroatoms. The maximum atomic E-state index is 11.7. The first kappa shape index (κ1) is 14.0. The van der Waals surface area contributed by atoms with Crippen molar-refractivity contribution in [3.8, 4) is 0 Å². The Hall–Kier alpha value is -1.04. The molecule has 0 spiro atoms. The zero-order chi connectivity index (χ0) is 12.7. The van der Waals surface area contributed by atoms with Crippen LogP contribution in [0.2, 0.25) is 0 Å². The van der Waals surface area contributed by atoms with Gasteiger partial charge in [0.25, 0.3) is 0 Å². The highest BCUT2D eigenvalue weighted by atomic mass is 32.2. The lowest BCUT2D eigenvalue weighted by Crippen LogP contribution is -2.20. The maximum absolute atomic E-state index is 11.7. The summed E-state index contributed by atoms with van der Waals surface area (Å²) in [6.45, 7) is 6.27. The number of hydrogen-bond donors (Lipinski definition) is 1. The summed E-state index contributed by atoms with van der Waals surface area (Å²) in [7, 11) is 0. The average Bonchev–Trinajstić information content (AvgIpc) is 2.76. The zero-order valence-electron chi connectivity index (χ0n) is 10.5. The lowest BCUT2D eigenvalue weighted by molar-refractivity contribution is -0.142. The van der Waals surface area contributed by atoms with Gasteiger partial charge < -0.3 is 4.74 Å². The summed E-state index contributed by atoms with van der Waals surface area (Å²) >= 11 is 1.37. The van der Waals surface area contributed by atoms with E-state index in [2.05, 4.69) is 15.2 Å². The molecule has 1 atom stereocenters. The Morgan fingerprint density at radius 2 is 2.24 bits per heavy atom. The van der Waals surface area contributed by atoms with Crippen LogP contribution in [0, 0.1) is 0 Å². The van der Waals surface area contributed by atoms with Crippen molar-refractivity contribution in [3.05, 3.63) is 5.82 Å². The largest absolute Gasteiger partial charge is 0.465 e. The van der Waals surface area contributed by atoms with Gasteiger partial charge in [0.1, 0.15) is 11.1 Å². The lowest BCUT2D eigenvalue weighted by atomic mass is 10.2. The van der Waals surface area contributed by atoms with Gasteiger partial charge in [-0.25, -0.2) is 4.98 Å². The molecule has 0 bridgehead atoms. The normalized spacial score (nSPS) is 12.4. The Morgan fingerprint density at radius 3 is 2.76 bits per heavy atom. The molecule has 1 N–H and O–H groups in total. The van der Waals surface area contributed by atoms with Gasteiger partial charge in [0.15, 0.2) is 0 Å². The fourth-order valence-electron chi connectivity index (χ4n) is 1.34. The van der Waals surface area contributed by atoms with Crippen LogP contribution in [0.5, 0.6) is 0 Å². The first-order valence-electron chi connectivity index (χ1n) is 5.95. The molecule has 5 nitrogen and oxygen atoms in total. The summed E-state index contributed by atoms with van der Waals surface area (Å²) in [6.07, 6.45) is 2.52. The molecule has 0 radical (unpaired) electrons. The van der Waals surface area contributed by atoms with Crippen molar-refractivity contribution in [1.29, 1.82) is 0 Å². The highest BCUT2D eigenvalue weighted by Crippen LogP contribution is 2.24. The molecule has 0 aliphatic rings. The van der Waals surface area contributed by atoms with Gasteiger partial charge in [0.05, 0.1) is 6.61 Å². The van der Waals surface area contributed by atoms with Gasteiger partial charge in [-0.05, 0) is 13.3 Å². The predicted octanol–water partition coefficient (Wildman–Crippen LogP) is 2.19. The third kappa shape index (κ3) is 4.38. The minimum absolute atomic E-state index is 0.179. The fourth-order valence-corrected chi connectivity index (χ4v) is 2.37. The van der Waals surface area contributed by atoms with Crippen molar-refractivity contribution in [3.63, 3.8) is 0 Å². The van der Waals surface area contributed by atoms with E-state index in [1.165, 1.54) is 11.8 Å². The van der Waals surface area contributed by atoms with Crippen molar-refractivity contribution in [1.82, 2.24) is 15.2 Å². The molecule has 0 saturated heterocycles. The monoisotopic (exact) mass is 257 g/mol. The van der Waals surface area contributed by atoms with Crippen molar-refractivity contribution in [2.45, 2.75) is 50.4 Å². The number of carbonyl (C=O) groups is 1. The summed E-state index contributed by atoms with van der Waals surface area (Å²) in [5.74, 6) is 0.661. The number of aryl methyl sites for hydroxylation is 1. The number of aromatic nitrogens is 3. The number of aromatic amines is 1. The van der Waals surface area contributed by atoms with Gasteiger partial charge in [-0.15, -0.1) is 5.10 Å². The maximum Gasteiger partial charge on any atom is 0.319 e. The molecule has 17 heavy (non-hydrogen) atoms. The Labute approximate surface area is 106 Å². The number of esters is 1. The van der Waals surface area contributed by atoms with E-state index in [0.29, 0.717) is 11.8 Å². The second kappa shape index (κ2) is 7.32. The number of carbonyl (C=O) groups excluding carboxylic acids is 1. The van der Waals surface area contributed by atoms with Crippen molar-refractivity contribution >= 4 is 17.7 Å². The van der Waals surface area contributed by atoms with Gasteiger partial charge in [0.2, 0.25) is 5.16 Å². The zero-order valence-corrected chi connectivity index (χ0v) is 11.3. The van der Waals surface area contributed by atoms with Gasteiger partial charge in [0, 0.05) is 6.42 Å². The molecule has 0 fully saturated rings. The van der Waals surface area contributed by atoms with E-state index in [1.54, 1.807) is 0 Å². The van der Waals surface area contributed by atoms with E-state index in [1.807, 2.05) is 20.8 Å². The van der Waals surface area contributed by atoms with E-state index in [4.69, 9.17) is 4.74 Å². The van der Waals surface area contributed by atoms with Crippen LogP contribution in [0.1, 0.15) is 39.4 Å². The van der Waals surface area contributed by atoms with Crippen molar-refractivity contribution in [2.24, 2.45) is 0 Å². The molecular formula is C11H19N3O2S. The van der Waals surface area contributed by atoms with E-state index in [0.717, 1.165) is 25.1 Å². The molecule has 1 rings (SSSR count). The number of thioether (sulfide) groups is 1. The van der Waals surface area contributed by atoms with Gasteiger partial charge in [-0.3, -0.25) is 9.89 Å². The minimum Gasteiger partial charge on any atom is -0.465 e. The number of nitrogens with zero attached hydrogens (tertiary/aromatic N) is 2. The number of nitrogens with one attached hydrogen (secondary N) is 1. The highest BCUT2D eigenvalue weighted by molar-refractivity contribution is 8.00. The molecule has 1 heterocycles. The van der Waals surface area contributed by atoms with Crippen LogP contribution in [0.3, 0.4) is 0 Å². The Bertz CT molecular complexity index is 354. The van der Waals surface area contributed by atoms with Crippen LogP contribution < -0.4 is 0 Å². The van der Waals surface area contributed by atoms with E-state index >= 15 is 0 Å². The van der Waals surface area contributed by atoms with Gasteiger partial charge in [-0.1, -0.05) is 32.0 Å². The van der Waals surface area contributed by atoms with Crippen LogP contribution in [0.4, 0.5) is 0 Å². The van der Waals surface area contributed by atoms with Crippen LogP contribution >= 0.6 is 11.8 Å². The summed E-state index contributed by atoms with van der Waals surface area (Å²) in [5.41, 5.74) is 0. The summed E-state index contributed by atoms with van der Waals surface area (Å²) in [6, 6.07) is 0. The van der Waals surface area contributed by atoms with E-state index in [9.17, 15) is 4.79 Å². The number of hydrogen-bond acceptors (Lipinski definition) is 5. The molecule has 0 unspecified atom stereocenters. The van der Waals surface area contributed by atoms with Crippen LogP contribution in [0.15, 0.2) is 5.16 Å². The van der Waals surface area contributed by atoms with Gasteiger partial charge >= 0.3 is 5.97 Å². The van der Waals surface area contributed by atoms with E-state index < -0.39 is 0 Å². The molecular weight excluding hydrogens is 238 g/mol. The van der Waals surface area contributed by atoms with Crippen LogP contribution in [0.25, 0.3) is 0 Å². The quantitative estimate of drug-likeness (QED) is 0.599. The minimum atomic E-state index is -0.208. The topological polar surface area (TPSA) is 67.9 Å². The molecule has 1 aromatic heterocycles. The summed E-state index contributed by atoms with van der Waals surface area (Å²) < 4.78 is 5.04. The molecule has 1 aromatic rings. The molecule has 0 amide bonds. The molecule has 0 aromatic carbocycles. The second-order valence-corrected chi connectivity index (χ2v) is 4.74. The third-order valence-electron chi connectivity index (χ3n) is 2.19. The fraction of sp³-hybridized carbons (Fsp3) is 0.727. The van der Waals surface area contributed by atoms with Crippen LogP contribution in [-0.2, 0) is 16.0 Å². The number of ether oxygens (including phenoxy) is 1. The summed E-state index contributed by atoms with van der Waals surface area (Å²) in [4.78, 5) is 16.0. The van der Waals surface area contributed by atoms with Crippen LogP contribution in [-0.4, -0.2) is 33.0 Å². The lowest BCUT2D eigenvalue weighted by Gasteiger charge is -2.11. The smallest absolute Gasteiger partial charge is 0.319 e. The molecule has 0 aliphatic carbocycles. The Balaban J connectivity index is 2.62. The summed E-state index contributed by atoms with van der Waals surface area (Å²) in [5, 5.41) is 7.32. The highest BCUT2D eigenvalue weighted by Gasteiger charge is 2.22. The Morgan fingerprint density at radius 1 is 1.47 bits per heavy atom. The number of H-pyrrole nitrogens is 1. The first-order valence-corrected chi connectivity index (χ1v) is 6.83. The predicted molar refractivity (Wildman–Crippen MR) is 66.9 cm³/mol. The van der Waals surface area contributed by atoms with Crippen molar-refractivity contribution < 1.29 is 9.53 Å². The number of rotatable bonds is 7. The first-order chi connectivity index (χ1) is 8.21. The van der Waals surface area contributed by atoms with Crippen molar-refractivity contribution in [2.75, 3.05) is 6.61 Å². The molecule has 0 aliphatic heterocycles. The molecule has 96 valence electrons. The molecule has 0 saturated carbocycles. The standard InChI is InChI=1S/C11H19N3O2S/c1-4-7-8(10(15)16-6-3)17-11-12-9(5-2)13-14-11/h8H,4-7H2,1-3H3,(H,12,13,14)/t8-/m1/s1. The SMILES string of the molecule is CCC[C@@H](Sc1n[nH]c(CC)n1)C(=O)OCC. The Kier molecular flexibility index (Phi) is 6.04. The third-order valence-corrected chi connectivity index (χ3v) is 3.30. The van der Waals surface area contributed by atoms with Gasteiger partial charge in [-0.2, -0.15) is 0 Å². The second-order valence-electron chi connectivity index (χ2n) is 3.57. The van der Waals surface area contributed by atoms with E-state index in [-0.39, 0.29) is 11.2 Å². The average molecular weight is 257 g/mol.